The van der Waals surface area contributed by atoms with E-state index in [4.69, 9.17) is 4.74 Å². The van der Waals surface area contributed by atoms with Crippen LogP contribution >= 0.6 is 0 Å². The summed E-state index contributed by atoms with van der Waals surface area (Å²) in [5, 5.41) is 6.37. The van der Waals surface area contributed by atoms with Gasteiger partial charge >= 0.3 is 0 Å². The molecule has 104 valence electrons. The zero-order valence-electron chi connectivity index (χ0n) is 11.6. The highest BCUT2D eigenvalue weighted by Gasteiger charge is 2.26. The molecule has 2 N–H and O–H groups in total. The van der Waals surface area contributed by atoms with Crippen LogP contribution in [0.2, 0.25) is 0 Å². The third kappa shape index (κ3) is 3.55. The van der Waals surface area contributed by atoms with E-state index in [0.717, 1.165) is 18.5 Å². The molecule has 0 saturated carbocycles. The highest BCUT2D eigenvalue weighted by atomic mass is 16.5. The van der Waals surface area contributed by atoms with Gasteiger partial charge in [-0.2, -0.15) is 0 Å². The normalized spacial score (nSPS) is 19.6. The van der Waals surface area contributed by atoms with Crippen LogP contribution in [-0.4, -0.2) is 32.2 Å². The summed E-state index contributed by atoms with van der Waals surface area (Å²) in [6.07, 6.45) is 0.837. The van der Waals surface area contributed by atoms with E-state index in [1.165, 1.54) is 5.56 Å². The maximum atomic E-state index is 12.3. The van der Waals surface area contributed by atoms with Gasteiger partial charge in [0.2, 0.25) is 5.91 Å². The van der Waals surface area contributed by atoms with Gasteiger partial charge in [-0.25, -0.2) is 0 Å². The number of fused-ring (bicyclic) bond motifs is 1. The van der Waals surface area contributed by atoms with Gasteiger partial charge in [0, 0.05) is 32.8 Å². The Morgan fingerprint density at radius 2 is 2.32 bits per heavy atom. The number of amides is 1. The minimum atomic E-state index is -0.0880. The Hall–Kier alpha value is -1.39. The smallest absolute Gasteiger partial charge is 0.229 e. The first-order chi connectivity index (χ1) is 9.22. The summed E-state index contributed by atoms with van der Waals surface area (Å²) in [6.45, 7) is 4.24. The van der Waals surface area contributed by atoms with Gasteiger partial charge in [0.05, 0.1) is 5.92 Å². The Bertz CT molecular complexity index is 434. The van der Waals surface area contributed by atoms with E-state index in [0.29, 0.717) is 13.2 Å². The molecule has 0 spiro atoms. The van der Waals surface area contributed by atoms with Gasteiger partial charge in [-0.05, 0) is 24.5 Å². The van der Waals surface area contributed by atoms with Gasteiger partial charge in [0.1, 0.15) is 0 Å². The second-order valence-electron chi connectivity index (χ2n) is 5.07. The van der Waals surface area contributed by atoms with Crippen molar-refractivity contribution in [3.8, 4) is 0 Å². The number of nitrogens with one attached hydrogen (secondary N) is 2. The molecule has 1 amide bonds. The van der Waals surface area contributed by atoms with Crippen LogP contribution in [0.3, 0.4) is 0 Å². The molecule has 0 bridgehead atoms. The monoisotopic (exact) mass is 262 g/mol. The van der Waals surface area contributed by atoms with Crippen LogP contribution in [-0.2, 0) is 16.1 Å². The molecule has 4 heteroatoms. The molecule has 0 saturated heterocycles. The molecule has 0 radical (unpaired) electrons. The number of benzene rings is 1. The van der Waals surface area contributed by atoms with E-state index < -0.39 is 0 Å². The fourth-order valence-electron chi connectivity index (χ4n) is 2.44. The minimum absolute atomic E-state index is 0.0880. The standard InChI is InChI=1S/C15H22N2O2/c1-11(7-8-19-2)17-15(18)14-10-16-9-12-5-3-4-6-13(12)14/h3-6,11,14,16H,7-10H2,1-2H3,(H,17,18). The number of carbonyl (C=O) groups is 1. The molecule has 1 aromatic carbocycles. The van der Waals surface area contributed by atoms with Gasteiger partial charge in [0.15, 0.2) is 0 Å². The van der Waals surface area contributed by atoms with Gasteiger partial charge < -0.3 is 15.4 Å². The Labute approximate surface area is 114 Å². The molecule has 2 rings (SSSR count). The Balaban J connectivity index is 2.00. The molecule has 0 fully saturated rings. The minimum Gasteiger partial charge on any atom is -0.385 e. The van der Waals surface area contributed by atoms with Gasteiger partial charge in [0.25, 0.3) is 0 Å². The van der Waals surface area contributed by atoms with Crippen molar-refractivity contribution in [2.45, 2.75) is 31.8 Å². The zero-order valence-corrected chi connectivity index (χ0v) is 11.6. The first kappa shape index (κ1) is 14.0. The Morgan fingerprint density at radius 3 is 3.11 bits per heavy atom. The molecule has 2 atom stereocenters. The van der Waals surface area contributed by atoms with Crippen molar-refractivity contribution < 1.29 is 9.53 Å². The second kappa shape index (κ2) is 6.68. The summed E-state index contributed by atoms with van der Waals surface area (Å²) in [5.41, 5.74) is 2.37. The van der Waals surface area contributed by atoms with Crippen LogP contribution in [0.15, 0.2) is 24.3 Å². The molecule has 19 heavy (non-hydrogen) atoms. The van der Waals surface area contributed by atoms with Crippen molar-refractivity contribution in [2.24, 2.45) is 0 Å². The summed E-state index contributed by atoms with van der Waals surface area (Å²) in [6, 6.07) is 8.29. The summed E-state index contributed by atoms with van der Waals surface area (Å²) in [4.78, 5) is 12.3. The molecule has 1 heterocycles. The molecule has 1 aromatic rings. The highest BCUT2D eigenvalue weighted by Crippen LogP contribution is 2.23. The van der Waals surface area contributed by atoms with Crippen molar-refractivity contribution in [3.05, 3.63) is 35.4 Å². The quantitative estimate of drug-likeness (QED) is 0.843. The average Bonchev–Trinajstić information content (AvgIpc) is 2.44. The molecular formula is C15H22N2O2. The van der Waals surface area contributed by atoms with Crippen LogP contribution < -0.4 is 10.6 Å². The van der Waals surface area contributed by atoms with Crippen LogP contribution in [0.4, 0.5) is 0 Å². The predicted molar refractivity (Wildman–Crippen MR) is 75.0 cm³/mol. The predicted octanol–water partition coefficient (Wildman–Crippen LogP) is 1.41. The maximum Gasteiger partial charge on any atom is 0.229 e. The lowest BCUT2D eigenvalue weighted by atomic mass is 9.90. The number of carbonyl (C=O) groups excluding carboxylic acids is 1. The molecular weight excluding hydrogens is 240 g/mol. The van der Waals surface area contributed by atoms with Crippen LogP contribution in [0, 0.1) is 0 Å². The Morgan fingerprint density at radius 1 is 1.53 bits per heavy atom. The molecule has 4 nitrogen and oxygen atoms in total. The van der Waals surface area contributed by atoms with Gasteiger partial charge in [-0.15, -0.1) is 0 Å². The van der Waals surface area contributed by atoms with Crippen LogP contribution in [0.1, 0.15) is 30.4 Å². The average molecular weight is 262 g/mol. The Kier molecular flexibility index (Phi) is 4.93. The van der Waals surface area contributed by atoms with E-state index in [1.807, 2.05) is 19.1 Å². The van der Waals surface area contributed by atoms with Crippen molar-refractivity contribution >= 4 is 5.91 Å². The fraction of sp³-hybridized carbons (Fsp3) is 0.533. The van der Waals surface area contributed by atoms with E-state index >= 15 is 0 Å². The lowest BCUT2D eigenvalue weighted by Crippen LogP contribution is -2.42. The number of ether oxygens (including phenoxy) is 1. The largest absolute Gasteiger partial charge is 0.385 e. The molecule has 0 aromatic heterocycles. The summed E-state index contributed by atoms with van der Waals surface area (Å²) in [5.74, 6) is 0.0122. The van der Waals surface area contributed by atoms with Crippen molar-refractivity contribution in [1.29, 1.82) is 0 Å². The lowest BCUT2D eigenvalue weighted by molar-refractivity contribution is -0.123. The molecule has 0 aliphatic carbocycles. The number of rotatable bonds is 5. The third-order valence-electron chi connectivity index (χ3n) is 3.55. The number of hydrogen-bond acceptors (Lipinski definition) is 3. The van der Waals surface area contributed by atoms with E-state index in [-0.39, 0.29) is 17.9 Å². The van der Waals surface area contributed by atoms with E-state index in [9.17, 15) is 4.79 Å². The van der Waals surface area contributed by atoms with Crippen molar-refractivity contribution in [1.82, 2.24) is 10.6 Å². The zero-order chi connectivity index (χ0) is 13.7. The summed E-state index contributed by atoms with van der Waals surface area (Å²) >= 11 is 0. The first-order valence-electron chi connectivity index (χ1n) is 6.80. The van der Waals surface area contributed by atoms with Gasteiger partial charge in [-0.1, -0.05) is 24.3 Å². The molecule has 2 unspecified atom stereocenters. The van der Waals surface area contributed by atoms with Crippen molar-refractivity contribution in [3.63, 3.8) is 0 Å². The molecule has 1 aliphatic rings. The maximum absolute atomic E-state index is 12.3. The third-order valence-corrected chi connectivity index (χ3v) is 3.55. The summed E-state index contributed by atoms with van der Waals surface area (Å²) < 4.78 is 5.03. The highest BCUT2D eigenvalue weighted by molar-refractivity contribution is 5.84. The topological polar surface area (TPSA) is 50.4 Å². The van der Waals surface area contributed by atoms with Gasteiger partial charge in [-0.3, -0.25) is 4.79 Å². The van der Waals surface area contributed by atoms with Crippen LogP contribution in [0.25, 0.3) is 0 Å². The van der Waals surface area contributed by atoms with Crippen LogP contribution in [0.5, 0.6) is 0 Å². The van der Waals surface area contributed by atoms with E-state index in [2.05, 4.69) is 22.8 Å². The number of hydrogen-bond donors (Lipinski definition) is 2. The molecule has 1 aliphatic heterocycles. The number of methoxy groups -OCH3 is 1. The summed E-state index contributed by atoms with van der Waals surface area (Å²) in [7, 11) is 1.68. The SMILES string of the molecule is COCCC(C)NC(=O)C1CNCc2ccccc21. The van der Waals surface area contributed by atoms with Crippen molar-refractivity contribution in [2.75, 3.05) is 20.3 Å². The fourth-order valence-corrected chi connectivity index (χ4v) is 2.44. The second-order valence-corrected chi connectivity index (χ2v) is 5.07. The van der Waals surface area contributed by atoms with E-state index in [1.54, 1.807) is 7.11 Å². The first-order valence-corrected chi connectivity index (χ1v) is 6.80. The lowest BCUT2D eigenvalue weighted by Gasteiger charge is -2.27.